The van der Waals surface area contributed by atoms with Crippen LogP contribution in [0.4, 0.5) is 0 Å². The molecule has 40 heavy (non-hydrogen) atoms. The lowest BCUT2D eigenvalue weighted by molar-refractivity contribution is -0.141. The number of piperidine rings is 1. The lowest BCUT2D eigenvalue weighted by Gasteiger charge is -2.25. The highest BCUT2D eigenvalue weighted by Crippen LogP contribution is 2.30. The number of esters is 1. The van der Waals surface area contributed by atoms with Gasteiger partial charge in [-0.2, -0.15) is 0 Å². The maximum atomic E-state index is 11.9. The maximum absolute atomic E-state index is 11.9. The molecule has 0 saturated carbocycles. The highest BCUT2D eigenvalue weighted by atomic mass is 16.5. The number of hydrogen-bond acceptors (Lipinski definition) is 7. The van der Waals surface area contributed by atoms with Crippen molar-refractivity contribution in [1.82, 2.24) is 15.6 Å². The lowest BCUT2D eigenvalue weighted by Crippen LogP contribution is -2.30. The van der Waals surface area contributed by atoms with Gasteiger partial charge in [-0.1, -0.05) is 30.3 Å². The molecule has 8 nitrogen and oxygen atoms in total. The molecular weight excluding hydrogens is 504 g/mol. The van der Waals surface area contributed by atoms with Gasteiger partial charge in [-0.15, -0.1) is 0 Å². The van der Waals surface area contributed by atoms with Crippen molar-refractivity contribution in [2.75, 3.05) is 33.3 Å². The summed E-state index contributed by atoms with van der Waals surface area (Å²) in [6, 6.07) is 17.3. The minimum atomic E-state index is -0.889. The first-order chi connectivity index (χ1) is 19.5. The first kappa shape index (κ1) is 29.2. The molecule has 0 bridgehead atoms. The van der Waals surface area contributed by atoms with E-state index in [4.69, 9.17) is 9.84 Å². The zero-order chi connectivity index (χ0) is 28.2. The third kappa shape index (κ3) is 8.88. The highest BCUT2D eigenvalue weighted by molar-refractivity contribution is 5.89. The molecule has 1 saturated heterocycles. The molecule has 1 unspecified atom stereocenters. The van der Waals surface area contributed by atoms with Crippen molar-refractivity contribution in [3.05, 3.63) is 77.5 Å². The average molecular weight is 545 g/mol. The number of rotatable bonds is 9. The molecule has 1 aromatic heterocycles. The average Bonchev–Trinajstić information content (AvgIpc) is 3.00. The first-order valence-electron chi connectivity index (χ1n) is 14.2. The number of ether oxygens (including phenoxy) is 1. The van der Waals surface area contributed by atoms with Gasteiger partial charge >= 0.3 is 11.9 Å². The van der Waals surface area contributed by atoms with Gasteiger partial charge in [0.2, 0.25) is 0 Å². The smallest absolute Gasteiger partial charge is 0.335 e. The van der Waals surface area contributed by atoms with E-state index < -0.39 is 5.97 Å². The van der Waals surface area contributed by atoms with Crippen LogP contribution in [0.25, 0.3) is 10.9 Å². The second-order valence-electron chi connectivity index (χ2n) is 10.5. The molecule has 8 heteroatoms. The predicted octanol–water partition coefficient (Wildman–Crippen LogP) is 4.98. The second kappa shape index (κ2) is 15.1. The second-order valence-corrected chi connectivity index (χ2v) is 10.5. The van der Waals surface area contributed by atoms with Gasteiger partial charge in [0, 0.05) is 31.1 Å². The third-order valence-electron chi connectivity index (χ3n) is 7.62. The van der Waals surface area contributed by atoms with Crippen LogP contribution in [-0.4, -0.2) is 61.2 Å². The summed E-state index contributed by atoms with van der Waals surface area (Å²) < 4.78 is 4.91. The Morgan fingerprint density at radius 3 is 2.65 bits per heavy atom. The number of fused-ring (bicyclic) bond motifs is 1. The minimum Gasteiger partial charge on any atom is -0.478 e. The minimum absolute atomic E-state index is 0.140. The molecule has 0 radical (unpaired) electrons. The number of para-hydroxylation sites is 1. The normalized spacial score (nSPS) is 16.2. The van der Waals surface area contributed by atoms with E-state index >= 15 is 0 Å². The Morgan fingerprint density at radius 1 is 1.07 bits per heavy atom. The van der Waals surface area contributed by atoms with E-state index in [9.17, 15) is 9.59 Å². The summed E-state index contributed by atoms with van der Waals surface area (Å²) in [5.41, 5.74) is 3.45. The van der Waals surface area contributed by atoms with Crippen molar-refractivity contribution in [3.8, 4) is 0 Å². The summed E-state index contributed by atoms with van der Waals surface area (Å²) in [5, 5.41) is 16.6. The number of hydrogen-bond donors (Lipinski definition) is 3. The van der Waals surface area contributed by atoms with Crippen molar-refractivity contribution < 1.29 is 19.4 Å². The first-order valence-corrected chi connectivity index (χ1v) is 14.2. The van der Waals surface area contributed by atoms with Crippen molar-refractivity contribution in [2.45, 2.75) is 50.9 Å². The number of nitrogens with one attached hydrogen (secondary N) is 2. The molecule has 5 rings (SSSR count). The fourth-order valence-electron chi connectivity index (χ4n) is 5.30. The summed E-state index contributed by atoms with van der Waals surface area (Å²) in [4.78, 5) is 31.6. The number of benzene rings is 2. The van der Waals surface area contributed by atoms with E-state index in [0.29, 0.717) is 18.4 Å². The molecule has 2 aromatic carbocycles. The molecule has 0 amide bonds. The topological polar surface area (TPSA) is 113 Å². The maximum Gasteiger partial charge on any atom is 0.335 e. The van der Waals surface area contributed by atoms with Gasteiger partial charge in [0.05, 0.1) is 24.6 Å². The fraction of sp³-hybridized carbons (Fsp3) is 0.438. The molecule has 0 spiro atoms. The van der Waals surface area contributed by atoms with Crippen LogP contribution >= 0.6 is 0 Å². The summed E-state index contributed by atoms with van der Waals surface area (Å²) in [5.74, 6) is 0.872. The largest absolute Gasteiger partial charge is 0.478 e. The monoisotopic (exact) mass is 544 g/mol. The predicted molar refractivity (Wildman–Crippen MR) is 158 cm³/mol. The number of carbonyl (C=O) groups is 2. The fourth-order valence-corrected chi connectivity index (χ4v) is 5.30. The Bertz CT molecular complexity index is 1300. The van der Waals surface area contributed by atoms with E-state index in [1.165, 1.54) is 20.0 Å². The number of aromatic nitrogens is 1. The molecule has 3 aromatic rings. The number of carboxylic acid groups (broad SMARTS) is 1. The number of carboxylic acids is 1. The molecule has 0 aliphatic carbocycles. The quantitative estimate of drug-likeness (QED) is 0.326. The van der Waals surface area contributed by atoms with E-state index in [2.05, 4.69) is 32.7 Å². The van der Waals surface area contributed by atoms with E-state index in [0.717, 1.165) is 79.2 Å². The molecule has 1 atom stereocenters. The van der Waals surface area contributed by atoms with Gasteiger partial charge in [-0.25, -0.2) is 4.79 Å². The van der Waals surface area contributed by atoms with Crippen LogP contribution in [0.5, 0.6) is 0 Å². The summed E-state index contributed by atoms with van der Waals surface area (Å²) in [6.45, 7) is 4.05. The number of aliphatic imine (C=N–C) groups is 1. The number of pyridine rings is 1. The molecular formula is C32H40N4O4. The van der Waals surface area contributed by atoms with Gasteiger partial charge in [-0.3, -0.25) is 14.8 Å². The van der Waals surface area contributed by atoms with Crippen molar-refractivity contribution in [1.29, 1.82) is 0 Å². The van der Waals surface area contributed by atoms with Crippen LogP contribution in [0.2, 0.25) is 0 Å². The van der Waals surface area contributed by atoms with Crippen LogP contribution in [-0.2, 0) is 16.0 Å². The summed E-state index contributed by atoms with van der Waals surface area (Å²) in [7, 11) is 1.46. The van der Waals surface area contributed by atoms with E-state index in [-0.39, 0.29) is 11.9 Å². The van der Waals surface area contributed by atoms with Crippen LogP contribution < -0.4 is 10.6 Å². The third-order valence-corrected chi connectivity index (χ3v) is 7.62. The zero-order valence-corrected chi connectivity index (χ0v) is 23.3. The number of aromatic carboxylic acids is 1. The van der Waals surface area contributed by atoms with Crippen LogP contribution in [0.3, 0.4) is 0 Å². The lowest BCUT2D eigenvalue weighted by atomic mass is 9.85. The number of nitrogens with zero attached hydrogens (tertiary/aromatic N) is 2. The molecule has 3 N–H and O–H groups in total. The Balaban J connectivity index is 0.000000201. The van der Waals surface area contributed by atoms with Gasteiger partial charge in [0.1, 0.15) is 5.84 Å². The number of amidine groups is 1. The van der Waals surface area contributed by atoms with Crippen molar-refractivity contribution in [3.63, 3.8) is 0 Å². The molecule has 212 valence electrons. The van der Waals surface area contributed by atoms with Gasteiger partial charge in [0.15, 0.2) is 0 Å². The SMILES string of the molecule is COC(=O)CC(CCC1CCNCC1)c1cnc2ccccc2c1.O=C(O)c1cccc(CC2=NCCCN2)c1. The Morgan fingerprint density at radius 2 is 1.90 bits per heavy atom. The molecule has 1 fully saturated rings. The number of carbonyl (C=O) groups excluding carboxylic acids is 1. The van der Waals surface area contributed by atoms with Gasteiger partial charge in [0.25, 0.3) is 0 Å². The molecule has 2 aliphatic rings. The van der Waals surface area contributed by atoms with Crippen molar-refractivity contribution >= 4 is 28.7 Å². The van der Waals surface area contributed by atoms with E-state index in [1.54, 1.807) is 18.2 Å². The van der Waals surface area contributed by atoms with Gasteiger partial charge < -0.3 is 20.5 Å². The summed E-state index contributed by atoms with van der Waals surface area (Å²) in [6.07, 6.45) is 8.76. The highest BCUT2D eigenvalue weighted by Gasteiger charge is 2.21. The number of methoxy groups -OCH3 is 1. The summed E-state index contributed by atoms with van der Waals surface area (Å²) >= 11 is 0. The Labute approximate surface area is 236 Å². The molecule has 2 aliphatic heterocycles. The van der Waals surface area contributed by atoms with Crippen molar-refractivity contribution in [2.24, 2.45) is 10.9 Å². The zero-order valence-electron chi connectivity index (χ0n) is 23.3. The molecule has 3 heterocycles. The Kier molecular flexibility index (Phi) is 11.0. The van der Waals surface area contributed by atoms with Gasteiger partial charge in [-0.05, 0) is 92.4 Å². The Hall–Kier alpha value is -3.78. The van der Waals surface area contributed by atoms with Crippen LogP contribution in [0.1, 0.15) is 65.9 Å². The van der Waals surface area contributed by atoms with E-state index in [1.807, 2.05) is 30.5 Å². The standard InChI is InChI=1S/C20H26N2O2.C12H14N2O2/c1-24-20(23)13-16(7-6-15-8-10-21-11-9-15)18-12-17-4-2-3-5-19(17)22-14-18;15-12(16)10-4-1-3-9(7-10)8-11-13-5-2-6-14-11/h2-5,12,14-16,21H,6-11,13H2,1H3;1,3-4,7H,2,5-6,8H2,(H,13,14)(H,15,16). The van der Waals surface area contributed by atoms with Crippen LogP contribution in [0, 0.1) is 5.92 Å². The van der Waals surface area contributed by atoms with Crippen LogP contribution in [0.15, 0.2) is 65.8 Å².